The zero-order valence-corrected chi connectivity index (χ0v) is 12.6. The molecule has 0 saturated carbocycles. The van der Waals surface area contributed by atoms with Crippen molar-refractivity contribution in [2.75, 3.05) is 25.6 Å². The number of hydrogen-bond donors (Lipinski definition) is 2. The van der Waals surface area contributed by atoms with Gasteiger partial charge in [-0.05, 0) is 24.3 Å². The van der Waals surface area contributed by atoms with Gasteiger partial charge < -0.3 is 24.3 Å². The van der Waals surface area contributed by atoms with E-state index in [4.69, 9.17) is 19.0 Å². The minimum Gasteiger partial charge on any atom is -0.493 e. The number of nitrogens with one attached hydrogen (secondary N) is 1. The number of aromatic carboxylic acids is 1. The fourth-order valence-corrected chi connectivity index (χ4v) is 1.82. The third-order valence-electron chi connectivity index (χ3n) is 2.89. The van der Waals surface area contributed by atoms with E-state index < -0.39 is 11.9 Å². The van der Waals surface area contributed by atoms with Crippen LogP contribution in [0.15, 0.2) is 40.8 Å². The van der Waals surface area contributed by atoms with Gasteiger partial charge >= 0.3 is 5.97 Å². The first-order chi connectivity index (χ1) is 11.1. The number of carboxylic acid groups (broad SMARTS) is 1. The SMILES string of the molecule is COCCCOc1cccc(NC(=O)c2ccc(C(=O)O)o2)c1. The Bertz CT molecular complexity index is 679. The highest BCUT2D eigenvalue weighted by atomic mass is 16.5. The fourth-order valence-electron chi connectivity index (χ4n) is 1.82. The Labute approximate surface area is 132 Å². The van der Waals surface area contributed by atoms with Gasteiger partial charge in [-0.3, -0.25) is 4.79 Å². The molecule has 0 fully saturated rings. The number of carboxylic acids is 1. The minimum absolute atomic E-state index is 0.0752. The smallest absolute Gasteiger partial charge is 0.371 e. The number of furan rings is 1. The van der Waals surface area contributed by atoms with Crippen LogP contribution in [-0.2, 0) is 4.74 Å². The van der Waals surface area contributed by atoms with E-state index in [9.17, 15) is 9.59 Å². The van der Waals surface area contributed by atoms with Gasteiger partial charge in [0.2, 0.25) is 5.76 Å². The Morgan fingerprint density at radius 1 is 1.17 bits per heavy atom. The first-order valence-electron chi connectivity index (χ1n) is 6.96. The summed E-state index contributed by atoms with van der Waals surface area (Å²) in [6.07, 6.45) is 0.761. The van der Waals surface area contributed by atoms with Gasteiger partial charge in [0.15, 0.2) is 5.76 Å². The zero-order valence-electron chi connectivity index (χ0n) is 12.6. The second-order valence-electron chi connectivity index (χ2n) is 4.65. The van der Waals surface area contributed by atoms with E-state index in [0.717, 1.165) is 6.42 Å². The Morgan fingerprint density at radius 3 is 2.65 bits per heavy atom. The van der Waals surface area contributed by atoms with Crippen LogP contribution in [0.25, 0.3) is 0 Å². The monoisotopic (exact) mass is 319 g/mol. The summed E-state index contributed by atoms with van der Waals surface area (Å²) in [5.41, 5.74) is 0.521. The molecule has 0 atom stereocenters. The molecule has 0 aliphatic heterocycles. The molecule has 0 aliphatic rings. The second-order valence-corrected chi connectivity index (χ2v) is 4.65. The minimum atomic E-state index is -1.23. The van der Waals surface area contributed by atoms with E-state index in [-0.39, 0.29) is 11.5 Å². The van der Waals surface area contributed by atoms with Crippen molar-refractivity contribution in [1.29, 1.82) is 0 Å². The molecule has 122 valence electrons. The van der Waals surface area contributed by atoms with Crippen molar-refractivity contribution in [2.24, 2.45) is 0 Å². The van der Waals surface area contributed by atoms with Crippen molar-refractivity contribution in [1.82, 2.24) is 0 Å². The Balaban J connectivity index is 1.96. The van der Waals surface area contributed by atoms with E-state index in [1.807, 2.05) is 0 Å². The summed E-state index contributed by atoms with van der Waals surface area (Å²) in [4.78, 5) is 22.7. The molecule has 1 aromatic carbocycles. The first kappa shape index (κ1) is 16.6. The average Bonchev–Trinajstić information content (AvgIpc) is 3.02. The highest BCUT2D eigenvalue weighted by Gasteiger charge is 2.15. The summed E-state index contributed by atoms with van der Waals surface area (Å²) in [6, 6.07) is 9.42. The molecule has 0 saturated heterocycles. The number of rotatable bonds is 8. The number of hydrogen-bond acceptors (Lipinski definition) is 5. The normalized spacial score (nSPS) is 10.3. The summed E-state index contributed by atoms with van der Waals surface area (Å²) in [5.74, 6) is -1.51. The predicted molar refractivity (Wildman–Crippen MR) is 82.1 cm³/mol. The van der Waals surface area contributed by atoms with Gasteiger partial charge in [-0.1, -0.05) is 6.07 Å². The lowest BCUT2D eigenvalue weighted by Gasteiger charge is -2.08. The van der Waals surface area contributed by atoms with Crippen LogP contribution in [0.5, 0.6) is 5.75 Å². The van der Waals surface area contributed by atoms with Gasteiger partial charge in [-0.2, -0.15) is 0 Å². The lowest BCUT2D eigenvalue weighted by Crippen LogP contribution is -2.11. The molecule has 0 radical (unpaired) electrons. The molecule has 7 heteroatoms. The molecule has 0 unspecified atom stereocenters. The molecular formula is C16H17NO6. The van der Waals surface area contributed by atoms with Gasteiger partial charge in [-0.15, -0.1) is 0 Å². The quantitative estimate of drug-likeness (QED) is 0.726. The van der Waals surface area contributed by atoms with E-state index >= 15 is 0 Å². The standard InChI is InChI=1S/C16H17NO6/c1-21-8-3-9-22-12-5-2-4-11(10-12)17-15(18)13-6-7-14(23-13)16(19)20/h2,4-7,10H,3,8-9H2,1H3,(H,17,18)(H,19,20). The second kappa shape index (κ2) is 8.00. The molecule has 2 aromatic rings. The molecule has 23 heavy (non-hydrogen) atoms. The van der Waals surface area contributed by atoms with Crippen molar-refractivity contribution in [3.8, 4) is 5.75 Å². The maximum absolute atomic E-state index is 12.0. The summed E-state index contributed by atoms with van der Waals surface area (Å²) in [7, 11) is 1.63. The van der Waals surface area contributed by atoms with Crippen LogP contribution in [0.2, 0.25) is 0 Å². The van der Waals surface area contributed by atoms with Gasteiger partial charge in [0.1, 0.15) is 5.75 Å². The highest BCUT2D eigenvalue weighted by molar-refractivity contribution is 6.03. The van der Waals surface area contributed by atoms with Crippen molar-refractivity contribution in [3.05, 3.63) is 47.9 Å². The fraction of sp³-hybridized carbons (Fsp3) is 0.250. The first-order valence-corrected chi connectivity index (χ1v) is 6.96. The molecule has 2 N–H and O–H groups in total. The van der Waals surface area contributed by atoms with Gasteiger partial charge in [0, 0.05) is 31.9 Å². The van der Waals surface area contributed by atoms with Gasteiger partial charge in [0.25, 0.3) is 5.91 Å². The number of anilines is 1. The number of benzene rings is 1. The molecule has 0 bridgehead atoms. The van der Waals surface area contributed by atoms with Gasteiger partial charge in [0.05, 0.1) is 6.61 Å². The highest BCUT2D eigenvalue weighted by Crippen LogP contribution is 2.19. The summed E-state index contributed by atoms with van der Waals surface area (Å²) in [5, 5.41) is 11.4. The molecular weight excluding hydrogens is 302 g/mol. The number of amides is 1. The van der Waals surface area contributed by atoms with Gasteiger partial charge in [-0.25, -0.2) is 4.79 Å². The lowest BCUT2D eigenvalue weighted by atomic mass is 10.3. The van der Waals surface area contributed by atoms with Crippen molar-refractivity contribution < 1.29 is 28.6 Å². The molecule has 0 aliphatic carbocycles. The summed E-state index contributed by atoms with van der Waals surface area (Å²) in [6.45, 7) is 1.12. The Hall–Kier alpha value is -2.80. The van der Waals surface area contributed by atoms with E-state index in [2.05, 4.69) is 5.32 Å². The molecule has 2 rings (SSSR count). The molecule has 1 amide bonds. The third kappa shape index (κ3) is 4.86. The van der Waals surface area contributed by atoms with Crippen molar-refractivity contribution in [3.63, 3.8) is 0 Å². The van der Waals surface area contributed by atoms with E-state index in [1.165, 1.54) is 12.1 Å². The summed E-state index contributed by atoms with van der Waals surface area (Å²) < 4.78 is 15.4. The number of carbonyl (C=O) groups is 2. The van der Waals surface area contributed by atoms with Crippen molar-refractivity contribution >= 4 is 17.6 Å². The zero-order chi connectivity index (χ0) is 16.7. The van der Waals surface area contributed by atoms with Crippen LogP contribution in [-0.4, -0.2) is 37.3 Å². The van der Waals surface area contributed by atoms with Crippen LogP contribution < -0.4 is 10.1 Å². The van der Waals surface area contributed by atoms with E-state index in [0.29, 0.717) is 24.7 Å². The molecule has 7 nitrogen and oxygen atoms in total. The lowest BCUT2D eigenvalue weighted by molar-refractivity contribution is 0.0660. The number of carbonyl (C=O) groups excluding carboxylic acids is 1. The maximum atomic E-state index is 12.0. The maximum Gasteiger partial charge on any atom is 0.371 e. The molecule has 0 spiro atoms. The van der Waals surface area contributed by atoms with Crippen LogP contribution in [0.1, 0.15) is 27.5 Å². The van der Waals surface area contributed by atoms with Crippen LogP contribution >= 0.6 is 0 Å². The molecule has 1 aromatic heterocycles. The average molecular weight is 319 g/mol. The molecule has 1 heterocycles. The number of ether oxygens (including phenoxy) is 2. The van der Waals surface area contributed by atoms with Crippen LogP contribution in [0, 0.1) is 0 Å². The third-order valence-corrected chi connectivity index (χ3v) is 2.89. The Morgan fingerprint density at radius 2 is 1.96 bits per heavy atom. The Kier molecular flexibility index (Phi) is 5.76. The van der Waals surface area contributed by atoms with Crippen LogP contribution in [0.4, 0.5) is 5.69 Å². The topological polar surface area (TPSA) is 98.0 Å². The van der Waals surface area contributed by atoms with Crippen molar-refractivity contribution in [2.45, 2.75) is 6.42 Å². The summed E-state index contributed by atoms with van der Waals surface area (Å²) >= 11 is 0. The van der Waals surface area contributed by atoms with E-state index in [1.54, 1.807) is 31.4 Å². The predicted octanol–water partition coefficient (Wildman–Crippen LogP) is 2.65. The number of methoxy groups -OCH3 is 1. The largest absolute Gasteiger partial charge is 0.493 e. The van der Waals surface area contributed by atoms with Crippen LogP contribution in [0.3, 0.4) is 0 Å².